The molecule has 1 saturated carbocycles. The fourth-order valence-corrected chi connectivity index (χ4v) is 2.38. The lowest BCUT2D eigenvalue weighted by molar-refractivity contribution is -0.123. The first-order valence-electron chi connectivity index (χ1n) is 6.35. The summed E-state index contributed by atoms with van der Waals surface area (Å²) in [5, 5.41) is 5.50. The zero-order valence-corrected chi connectivity index (χ0v) is 12.4. The van der Waals surface area contributed by atoms with Gasteiger partial charge >= 0.3 is 0 Å². The lowest BCUT2D eigenvalue weighted by atomic mass is 10.1. The van der Waals surface area contributed by atoms with Gasteiger partial charge in [-0.3, -0.25) is 9.59 Å². The Morgan fingerprint density at radius 2 is 1.84 bits per heavy atom. The molecule has 1 aliphatic rings. The highest BCUT2D eigenvalue weighted by molar-refractivity contribution is 9.10. The summed E-state index contributed by atoms with van der Waals surface area (Å²) in [4.78, 5) is 22.5. The van der Waals surface area contributed by atoms with E-state index in [1.807, 2.05) is 12.1 Å². The van der Waals surface area contributed by atoms with Gasteiger partial charge in [0.1, 0.15) is 0 Å². The molecule has 2 N–H and O–H groups in total. The van der Waals surface area contributed by atoms with Crippen LogP contribution >= 0.6 is 15.9 Å². The molecule has 0 heterocycles. The molecule has 2 amide bonds. The van der Waals surface area contributed by atoms with E-state index in [0.29, 0.717) is 19.0 Å². The average molecular weight is 325 g/mol. The number of amides is 2. The van der Waals surface area contributed by atoms with Gasteiger partial charge in [0, 0.05) is 30.4 Å². The number of nitrogens with one attached hydrogen (secondary N) is 2. The van der Waals surface area contributed by atoms with Crippen molar-refractivity contribution in [3.05, 3.63) is 34.3 Å². The topological polar surface area (TPSA) is 58.2 Å². The van der Waals surface area contributed by atoms with Crippen molar-refractivity contribution in [3.63, 3.8) is 0 Å². The van der Waals surface area contributed by atoms with E-state index in [0.717, 1.165) is 10.9 Å². The molecule has 0 unspecified atom stereocenters. The molecule has 0 saturated heterocycles. The molecule has 1 aromatic rings. The smallest absolute Gasteiger partial charge is 0.223 e. The van der Waals surface area contributed by atoms with Gasteiger partial charge < -0.3 is 10.6 Å². The first kappa shape index (κ1) is 14.1. The monoisotopic (exact) mass is 324 g/mol. The summed E-state index contributed by atoms with van der Waals surface area (Å²) in [5.41, 5.74) is 1.21. The van der Waals surface area contributed by atoms with Gasteiger partial charge in [0.25, 0.3) is 0 Å². The summed E-state index contributed by atoms with van der Waals surface area (Å²) in [6.07, 6.45) is 0.910. The van der Waals surface area contributed by atoms with E-state index < -0.39 is 0 Å². The largest absolute Gasteiger partial charge is 0.355 e. The molecule has 0 radical (unpaired) electrons. The number of hydrogen-bond donors (Lipinski definition) is 2. The Hall–Kier alpha value is -1.36. The zero-order chi connectivity index (χ0) is 13.8. The number of carbonyl (C=O) groups is 2. The van der Waals surface area contributed by atoms with Gasteiger partial charge in [-0.25, -0.2) is 0 Å². The van der Waals surface area contributed by atoms with Crippen molar-refractivity contribution in [3.8, 4) is 0 Å². The standard InChI is InChI=1S/C14H17BrN2O2/c1-9(18)16-6-7-17-14(19)13-8-12(13)10-2-4-11(15)5-3-10/h2-5,12-13H,6-8H2,1H3,(H,16,18)(H,17,19)/t12-,13-/m1/s1. The third-order valence-electron chi connectivity index (χ3n) is 3.22. The molecule has 5 heteroatoms. The van der Waals surface area contributed by atoms with Crippen molar-refractivity contribution in [1.29, 1.82) is 0 Å². The Morgan fingerprint density at radius 3 is 2.47 bits per heavy atom. The summed E-state index contributed by atoms with van der Waals surface area (Å²) >= 11 is 3.40. The van der Waals surface area contributed by atoms with E-state index in [1.165, 1.54) is 12.5 Å². The average Bonchev–Trinajstić information content (AvgIpc) is 3.15. The molecule has 1 fully saturated rings. The number of carbonyl (C=O) groups excluding carboxylic acids is 2. The van der Waals surface area contributed by atoms with Crippen molar-refractivity contribution >= 4 is 27.7 Å². The van der Waals surface area contributed by atoms with Crippen LogP contribution in [0.2, 0.25) is 0 Å². The fourth-order valence-electron chi connectivity index (χ4n) is 2.12. The van der Waals surface area contributed by atoms with Crippen LogP contribution in [0.5, 0.6) is 0 Å². The van der Waals surface area contributed by atoms with Crippen LogP contribution in [0.25, 0.3) is 0 Å². The fraction of sp³-hybridized carbons (Fsp3) is 0.429. The lowest BCUT2D eigenvalue weighted by Crippen LogP contribution is -2.34. The summed E-state index contributed by atoms with van der Waals surface area (Å²) in [5.74, 6) is 0.430. The number of rotatable bonds is 5. The molecular weight excluding hydrogens is 308 g/mol. The molecule has 0 aliphatic heterocycles. The number of hydrogen-bond acceptors (Lipinski definition) is 2. The second-order valence-electron chi connectivity index (χ2n) is 4.77. The Bertz CT molecular complexity index is 473. The van der Waals surface area contributed by atoms with Gasteiger partial charge in [-0.05, 0) is 30.0 Å². The normalized spacial score (nSPS) is 20.7. The molecule has 0 bridgehead atoms. The highest BCUT2D eigenvalue weighted by Gasteiger charge is 2.43. The van der Waals surface area contributed by atoms with Gasteiger partial charge in [0.15, 0.2) is 0 Å². The molecule has 102 valence electrons. The minimum Gasteiger partial charge on any atom is -0.355 e. The van der Waals surface area contributed by atoms with Crippen molar-refractivity contribution in [1.82, 2.24) is 10.6 Å². The second-order valence-corrected chi connectivity index (χ2v) is 5.69. The summed E-state index contributed by atoms with van der Waals surface area (Å²) in [6.45, 7) is 2.44. The second kappa shape index (κ2) is 6.19. The first-order valence-corrected chi connectivity index (χ1v) is 7.15. The van der Waals surface area contributed by atoms with Crippen LogP contribution in [0.4, 0.5) is 0 Å². The minimum absolute atomic E-state index is 0.0755. The summed E-state index contributed by atoms with van der Waals surface area (Å²) < 4.78 is 1.05. The number of benzene rings is 1. The first-order chi connectivity index (χ1) is 9.08. The maximum atomic E-state index is 11.9. The Labute approximate surface area is 121 Å². The lowest BCUT2D eigenvalue weighted by Gasteiger charge is -2.05. The van der Waals surface area contributed by atoms with E-state index in [-0.39, 0.29) is 17.7 Å². The maximum Gasteiger partial charge on any atom is 0.223 e. The van der Waals surface area contributed by atoms with Gasteiger partial charge in [-0.1, -0.05) is 28.1 Å². The van der Waals surface area contributed by atoms with Crippen LogP contribution in [0, 0.1) is 5.92 Å². The van der Waals surface area contributed by atoms with Crippen molar-refractivity contribution in [2.75, 3.05) is 13.1 Å². The van der Waals surface area contributed by atoms with Crippen LogP contribution in [0.1, 0.15) is 24.8 Å². The van der Waals surface area contributed by atoms with E-state index in [2.05, 4.69) is 38.7 Å². The molecule has 19 heavy (non-hydrogen) atoms. The molecular formula is C14H17BrN2O2. The van der Waals surface area contributed by atoms with Gasteiger partial charge in [-0.15, -0.1) is 0 Å². The molecule has 1 aliphatic carbocycles. The summed E-state index contributed by atoms with van der Waals surface area (Å²) in [7, 11) is 0. The molecule has 2 atom stereocenters. The van der Waals surface area contributed by atoms with Gasteiger partial charge in [0.2, 0.25) is 11.8 Å². The van der Waals surface area contributed by atoms with Crippen LogP contribution in [-0.2, 0) is 9.59 Å². The minimum atomic E-state index is -0.0755. The number of halogens is 1. The van der Waals surface area contributed by atoms with Crippen LogP contribution < -0.4 is 10.6 Å². The quantitative estimate of drug-likeness (QED) is 0.811. The van der Waals surface area contributed by atoms with E-state index in [1.54, 1.807) is 0 Å². The third-order valence-corrected chi connectivity index (χ3v) is 3.75. The predicted octanol–water partition coefficient (Wildman–Crippen LogP) is 1.80. The molecule has 2 rings (SSSR count). The maximum absolute atomic E-state index is 11.9. The van der Waals surface area contributed by atoms with Crippen molar-refractivity contribution in [2.24, 2.45) is 5.92 Å². The Kier molecular flexibility index (Phi) is 4.58. The summed E-state index contributed by atoms with van der Waals surface area (Å²) in [6, 6.07) is 8.11. The van der Waals surface area contributed by atoms with E-state index in [4.69, 9.17) is 0 Å². The molecule has 0 aromatic heterocycles. The Balaban J connectivity index is 1.74. The molecule has 4 nitrogen and oxygen atoms in total. The van der Waals surface area contributed by atoms with Gasteiger partial charge in [-0.2, -0.15) is 0 Å². The van der Waals surface area contributed by atoms with Crippen LogP contribution in [-0.4, -0.2) is 24.9 Å². The van der Waals surface area contributed by atoms with Crippen molar-refractivity contribution in [2.45, 2.75) is 19.3 Å². The van der Waals surface area contributed by atoms with Crippen LogP contribution in [0.15, 0.2) is 28.7 Å². The van der Waals surface area contributed by atoms with E-state index in [9.17, 15) is 9.59 Å². The van der Waals surface area contributed by atoms with Gasteiger partial charge in [0.05, 0.1) is 0 Å². The predicted molar refractivity (Wildman–Crippen MR) is 76.7 cm³/mol. The molecule has 0 spiro atoms. The third kappa shape index (κ3) is 4.06. The highest BCUT2D eigenvalue weighted by atomic mass is 79.9. The zero-order valence-electron chi connectivity index (χ0n) is 10.8. The highest BCUT2D eigenvalue weighted by Crippen LogP contribution is 2.47. The van der Waals surface area contributed by atoms with Crippen molar-refractivity contribution < 1.29 is 9.59 Å². The van der Waals surface area contributed by atoms with Crippen LogP contribution in [0.3, 0.4) is 0 Å². The SMILES string of the molecule is CC(=O)NCCNC(=O)[C@@H]1C[C@@H]1c1ccc(Br)cc1. The van der Waals surface area contributed by atoms with E-state index >= 15 is 0 Å². The molecule has 1 aromatic carbocycles. The Morgan fingerprint density at radius 1 is 1.21 bits per heavy atom.